The minimum Gasteiger partial charge on any atom is -0.444 e. The van der Waals surface area contributed by atoms with Crippen LogP contribution in [0.1, 0.15) is 97.6 Å². The Morgan fingerprint density at radius 2 is 1.77 bits per heavy atom. The quantitative estimate of drug-likeness (QED) is 0.387. The summed E-state index contributed by atoms with van der Waals surface area (Å²) < 4.78 is 17.6. The summed E-state index contributed by atoms with van der Waals surface area (Å²) in [6.45, 7) is 14.0. The van der Waals surface area contributed by atoms with Gasteiger partial charge in [0.25, 0.3) is 0 Å². The van der Waals surface area contributed by atoms with E-state index in [1.54, 1.807) is 0 Å². The Morgan fingerprint density at radius 1 is 1.09 bits per heavy atom. The Hall–Kier alpha value is -1.79. The van der Waals surface area contributed by atoms with Crippen LogP contribution in [0.4, 0.5) is 10.5 Å². The smallest absolute Gasteiger partial charge is 0.408 e. The second-order valence-electron chi connectivity index (χ2n) is 11.9. The van der Waals surface area contributed by atoms with E-state index in [4.69, 9.17) is 14.2 Å². The Kier molecular flexibility index (Phi) is 9.50. The number of nitrogens with one attached hydrogen (secondary N) is 1. The lowest BCUT2D eigenvalue weighted by molar-refractivity contribution is -0.269. The number of hydrogen-bond donors (Lipinski definition) is 1. The molecule has 0 unspecified atom stereocenters. The lowest BCUT2D eigenvalue weighted by Crippen LogP contribution is -2.66. The van der Waals surface area contributed by atoms with Crippen molar-refractivity contribution in [3.8, 4) is 0 Å². The van der Waals surface area contributed by atoms with E-state index >= 15 is 0 Å². The Bertz CT molecular complexity index is 820. The number of hydrogen-bond acceptors (Lipinski definition) is 5. The van der Waals surface area contributed by atoms with E-state index in [2.05, 4.69) is 35.3 Å². The summed E-state index contributed by atoms with van der Waals surface area (Å²) in [5.74, 6) is -0.662. The lowest BCUT2D eigenvalue weighted by atomic mass is 9.93. The van der Waals surface area contributed by atoms with Gasteiger partial charge in [-0.15, -0.1) is 0 Å². The van der Waals surface area contributed by atoms with Crippen LogP contribution >= 0.6 is 0 Å². The zero-order valence-electron chi connectivity index (χ0n) is 23.0. The van der Waals surface area contributed by atoms with E-state index in [1.807, 2.05) is 34.6 Å². The van der Waals surface area contributed by atoms with Gasteiger partial charge < -0.3 is 24.4 Å². The summed E-state index contributed by atoms with van der Waals surface area (Å²) in [7, 11) is 0. The van der Waals surface area contributed by atoms with Crippen molar-refractivity contribution in [2.75, 3.05) is 31.2 Å². The third-order valence-electron chi connectivity index (χ3n) is 6.83. The minimum atomic E-state index is -0.677. The van der Waals surface area contributed by atoms with Gasteiger partial charge in [0.2, 0.25) is 0 Å². The van der Waals surface area contributed by atoms with Crippen molar-refractivity contribution in [3.63, 3.8) is 0 Å². The summed E-state index contributed by atoms with van der Waals surface area (Å²) in [6, 6.07) is 6.96. The van der Waals surface area contributed by atoms with Gasteiger partial charge in [0.1, 0.15) is 11.1 Å². The maximum atomic E-state index is 12.7. The summed E-state index contributed by atoms with van der Waals surface area (Å²) in [5, 5.41) is 3.11. The molecule has 1 fully saturated rings. The van der Waals surface area contributed by atoms with E-state index < -0.39 is 23.0 Å². The molecule has 0 radical (unpaired) electrons. The normalized spacial score (nSPS) is 19.2. The van der Waals surface area contributed by atoms with Crippen molar-refractivity contribution in [2.24, 2.45) is 0 Å². The standard InChI is InChI=1S/C29H48N2O4/c1-7-8-9-10-11-12-14-23-16-17-25-24(19-23)15-13-18-31(25)20-29(21-33-28(5,6)34-22-29)30-26(32)35-27(2,3)4/h16-17,19H,7-15,18,20-22H2,1-6H3,(H,30,32). The fraction of sp³-hybridized carbons (Fsp3) is 0.759. The molecule has 6 heteroatoms. The molecule has 0 saturated carbocycles. The monoisotopic (exact) mass is 488 g/mol. The molecular weight excluding hydrogens is 440 g/mol. The Morgan fingerprint density at radius 3 is 2.46 bits per heavy atom. The van der Waals surface area contributed by atoms with Gasteiger partial charge in [-0.3, -0.25) is 0 Å². The van der Waals surface area contributed by atoms with Crippen molar-refractivity contribution in [1.29, 1.82) is 0 Å². The average molecular weight is 489 g/mol. The van der Waals surface area contributed by atoms with E-state index in [9.17, 15) is 4.79 Å². The van der Waals surface area contributed by atoms with Crippen molar-refractivity contribution < 1.29 is 19.0 Å². The van der Waals surface area contributed by atoms with E-state index in [-0.39, 0.29) is 0 Å². The second-order valence-corrected chi connectivity index (χ2v) is 11.9. The number of carbonyl (C=O) groups is 1. The molecule has 0 aromatic heterocycles. The molecule has 2 heterocycles. The first kappa shape index (κ1) is 27.8. The molecule has 0 aliphatic carbocycles. The molecule has 1 saturated heterocycles. The topological polar surface area (TPSA) is 60.0 Å². The van der Waals surface area contributed by atoms with Crippen molar-refractivity contribution in [1.82, 2.24) is 5.32 Å². The molecule has 2 aliphatic heterocycles. The van der Waals surface area contributed by atoms with Crippen LogP contribution in [0, 0.1) is 0 Å². The highest BCUT2D eigenvalue weighted by Crippen LogP contribution is 2.32. The number of ether oxygens (including phenoxy) is 3. The summed E-state index contributed by atoms with van der Waals surface area (Å²) in [4.78, 5) is 15.1. The van der Waals surface area contributed by atoms with E-state index in [1.165, 1.54) is 55.3 Å². The largest absolute Gasteiger partial charge is 0.444 e. The molecule has 1 aromatic carbocycles. The van der Waals surface area contributed by atoms with Gasteiger partial charge in [-0.1, -0.05) is 51.2 Å². The molecule has 3 rings (SSSR count). The molecule has 6 nitrogen and oxygen atoms in total. The van der Waals surface area contributed by atoms with Crippen LogP contribution in [0.5, 0.6) is 0 Å². The van der Waals surface area contributed by atoms with Gasteiger partial charge in [0.15, 0.2) is 5.79 Å². The number of amides is 1. The molecule has 0 atom stereocenters. The lowest BCUT2D eigenvalue weighted by Gasteiger charge is -2.47. The van der Waals surface area contributed by atoms with Crippen LogP contribution in [0.25, 0.3) is 0 Å². The van der Waals surface area contributed by atoms with Gasteiger partial charge in [-0.05, 0) is 77.5 Å². The maximum absolute atomic E-state index is 12.7. The zero-order valence-corrected chi connectivity index (χ0v) is 23.0. The van der Waals surface area contributed by atoms with Gasteiger partial charge in [0.05, 0.1) is 13.2 Å². The number of benzene rings is 1. The number of aryl methyl sites for hydroxylation is 2. The summed E-state index contributed by atoms with van der Waals surface area (Å²) in [6.07, 6.45) is 10.9. The van der Waals surface area contributed by atoms with Crippen molar-refractivity contribution >= 4 is 11.8 Å². The Labute approximate surface area is 213 Å². The molecule has 1 aromatic rings. The van der Waals surface area contributed by atoms with E-state index in [0.717, 1.165) is 25.8 Å². The van der Waals surface area contributed by atoms with Gasteiger partial charge >= 0.3 is 6.09 Å². The van der Waals surface area contributed by atoms with Crippen molar-refractivity contribution in [2.45, 2.75) is 116 Å². The fourth-order valence-corrected chi connectivity index (χ4v) is 4.95. The molecule has 35 heavy (non-hydrogen) atoms. The third-order valence-corrected chi connectivity index (χ3v) is 6.83. The maximum Gasteiger partial charge on any atom is 0.408 e. The number of nitrogens with zero attached hydrogens (tertiary/aromatic N) is 1. The Balaban J connectivity index is 1.68. The third kappa shape index (κ3) is 8.68. The highest BCUT2D eigenvalue weighted by Gasteiger charge is 2.44. The number of anilines is 1. The zero-order chi connectivity index (χ0) is 25.5. The highest BCUT2D eigenvalue weighted by molar-refractivity contribution is 5.69. The minimum absolute atomic E-state index is 0.376. The second kappa shape index (κ2) is 12.0. The number of rotatable bonds is 10. The van der Waals surface area contributed by atoms with Crippen LogP contribution in [0.3, 0.4) is 0 Å². The molecule has 1 N–H and O–H groups in total. The molecule has 0 spiro atoms. The fourth-order valence-electron chi connectivity index (χ4n) is 4.95. The van der Waals surface area contributed by atoms with E-state index in [0.29, 0.717) is 19.8 Å². The van der Waals surface area contributed by atoms with Crippen LogP contribution in [0.2, 0.25) is 0 Å². The number of carbonyl (C=O) groups excluding carboxylic acids is 1. The van der Waals surface area contributed by atoms with Gasteiger partial charge in [-0.2, -0.15) is 0 Å². The molecule has 2 aliphatic rings. The molecule has 0 bridgehead atoms. The van der Waals surface area contributed by atoms with Crippen LogP contribution < -0.4 is 10.2 Å². The average Bonchev–Trinajstić information content (AvgIpc) is 2.77. The number of alkyl carbamates (subject to hydrolysis) is 1. The summed E-state index contributed by atoms with van der Waals surface area (Å²) >= 11 is 0. The van der Waals surface area contributed by atoms with Gasteiger partial charge in [-0.25, -0.2) is 4.79 Å². The predicted molar refractivity (Wildman–Crippen MR) is 142 cm³/mol. The van der Waals surface area contributed by atoms with Crippen LogP contribution in [0.15, 0.2) is 18.2 Å². The highest BCUT2D eigenvalue weighted by atomic mass is 16.7. The first-order valence-electron chi connectivity index (χ1n) is 13.7. The number of unbranched alkanes of at least 4 members (excludes halogenated alkanes) is 5. The van der Waals surface area contributed by atoms with Crippen LogP contribution in [-0.4, -0.2) is 49.3 Å². The number of fused-ring (bicyclic) bond motifs is 1. The SMILES string of the molecule is CCCCCCCCc1ccc2c(c1)CCCN2CC1(NC(=O)OC(C)(C)C)COC(C)(C)OC1. The molecule has 1 amide bonds. The molecular formula is C29H48N2O4. The molecule has 198 valence electrons. The van der Waals surface area contributed by atoms with Crippen molar-refractivity contribution in [3.05, 3.63) is 29.3 Å². The van der Waals surface area contributed by atoms with Gasteiger partial charge in [0, 0.05) is 18.8 Å². The first-order chi connectivity index (χ1) is 16.5. The summed E-state index contributed by atoms with van der Waals surface area (Å²) in [5.41, 5.74) is 2.87. The predicted octanol–water partition coefficient (Wildman–Crippen LogP) is 6.39. The first-order valence-corrected chi connectivity index (χ1v) is 13.7. The van der Waals surface area contributed by atoms with Crippen LogP contribution in [-0.2, 0) is 27.1 Å².